The third kappa shape index (κ3) is 2.66. The van der Waals surface area contributed by atoms with Gasteiger partial charge < -0.3 is 15.2 Å². The van der Waals surface area contributed by atoms with Crippen LogP contribution in [0.5, 0.6) is 0 Å². The van der Waals surface area contributed by atoms with Gasteiger partial charge in [0.25, 0.3) is 0 Å². The summed E-state index contributed by atoms with van der Waals surface area (Å²) >= 11 is 0. The van der Waals surface area contributed by atoms with Crippen LogP contribution in [0.15, 0.2) is 23.1 Å². The lowest BCUT2D eigenvalue weighted by Gasteiger charge is -2.34. The molecule has 1 unspecified atom stereocenters. The Morgan fingerprint density at radius 3 is 3.10 bits per heavy atom. The Kier molecular flexibility index (Phi) is 4.17. The number of rotatable bonds is 3. The lowest BCUT2D eigenvalue weighted by molar-refractivity contribution is 0.0109. The summed E-state index contributed by atoms with van der Waals surface area (Å²) in [5, 5.41) is 12.7. The van der Waals surface area contributed by atoms with E-state index in [2.05, 4.69) is 5.32 Å². The number of nitrogens with one attached hydrogen (secondary N) is 1. The summed E-state index contributed by atoms with van der Waals surface area (Å²) < 4.78 is 32.6. The van der Waals surface area contributed by atoms with Crippen LogP contribution in [0.2, 0.25) is 0 Å². The molecule has 0 amide bonds. The zero-order chi connectivity index (χ0) is 14.9. The van der Waals surface area contributed by atoms with E-state index in [1.54, 1.807) is 12.1 Å². The highest BCUT2D eigenvalue weighted by molar-refractivity contribution is 7.89. The maximum atomic E-state index is 13.0. The van der Waals surface area contributed by atoms with Crippen LogP contribution in [0.3, 0.4) is 0 Å². The number of ether oxygens (including phenoxy) is 1. The van der Waals surface area contributed by atoms with Gasteiger partial charge >= 0.3 is 0 Å². The highest BCUT2D eigenvalue weighted by atomic mass is 32.2. The summed E-state index contributed by atoms with van der Waals surface area (Å²) in [5.74, 6) is 0. The van der Waals surface area contributed by atoms with Crippen molar-refractivity contribution in [1.29, 1.82) is 0 Å². The van der Waals surface area contributed by atoms with Crippen molar-refractivity contribution < 1.29 is 18.3 Å². The van der Waals surface area contributed by atoms with E-state index < -0.39 is 16.1 Å². The van der Waals surface area contributed by atoms with Crippen molar-refractivity contribution >= 4 is 15.7 Å². The van der Waals surface area contributed by atoms with Crippen molar-refractivity contribution in [2.75, 3.05) is 38.2 Å². The smallest absolute Gasteiger partial charge is 0.243 e. The summed E-state index contributed by atoms with van der Waals surface area (Å²) in [6.45, 7) is 1.52. The number of hydrogen-bond acceptors (Lipinski definition) is 5. The van der Waals surface area contributed by atoms with Gasteiger partial charge in [-0.15, -0.1) is 0 Å². The van der Waals surface area contributed by atoms with Crippen LogP contribution < -0.4 is 5.32 Å². The molecule has 2 aliphatic rings. The van der Waals surface area contributed by atoms with E-state index >= 15 is 0 Å². The molecular weight excluding hydrogens is 292 g/mol. The van der Waals surface area contributed by atoms with Crippen LogP contribution >= 0.6 is 0 Å². The van der Waals surface area contributed by atoms with Crippen LogP contribution in [0.1, 0.15) is 12.0 Å². The summed E-state index contributed by atoms with van der Waals surface area (Å²) in [7, 11) is -3.61. The summed E-state index contributed by atoms with van der Waals surface area (Å²) in [6, 6.07) is 4.83. The Hall–Kier alpha value is -1.15. The highest BCUT2D eigenvalue weighted by Crippen LogP contribution is 2.31. The van der Waals surface area contributed by atoms with Crippen LogP contribution in [0, 0.1) is 0 Å². The van der Waals surface area contributed by atoms with Gasteiger partial charge in [-0.1, -0.05) is 6.07 Å². The van der Waals surface area contributed by atoms with Crippen molar-refractivity contribution in [2.24, 2.45) is 0 Å². The van der Waals surface area contributed by atoms with E-state index in [9.17, 15) is 13.5 Å². The molecule has 1 saturated heterocycles. The molecule has 0 aliphatic carbocycles. The second kappa shape index (κ2) is 5.92. The molecule has 21 heavy (non-hydrogen) atoms. The van der Waals surface area contributed by atoms with Gasteiger partial charge in [0.2, 0.25) is 10.0 Å². The topological polar surface area (TPSA) is 78.9 Å². The van der Waals surface area contributed by atoms with Gasteiger partial charge in [0.15, 0.2) is 0 Å². The molecule has 2 heterocycles. The predicted octanol–water partition coefficient (Wildman–Crippen LogP) is 0.426. The van der Waals surface area contributed by atoms with Gasteiger partial charge in [-0.25, -0.2) is 8.42 Å². The van der Waals surface area contributed by atoms with Crippen molar-refractivity contribution in [3.63, 3.8) is 0 Å². The average molecular weight is 312 g/mol. The molecule has 0 bridgehead atoms. The van der Waals surface area contributed by atoms with E-state index in [0.29, 0.717) is 11.5 Å². The number of aliphatic hydroxyl groups is 1. The second-order valence-corrected chi connectivity index (χ2v) is 7.20. The lowest BCUT2D eigenvalue weighted by atomic mass is 10.0. The zero-order valence-corrected chi connectivity index (χ0v) is 12.6. The number of fused-ring (bicyclic) bond motifs is 1. The molecule has 7 heteroatoms. The van der Waals surface area contributed by atoms with Gasteiger partial charge in [-0.3, -0.25) is 0 Å². The number of sulfonamides is 1. The monoisotopic (exact) mass is 312 g/mol. The normalized spacial score (nSPS) is 23.4. The average Bonchev–Trinajstić information content (AvgIpc) is 2.54. The quantitative estimate of drug-likeness (QED) is 0.846. The molecule has 116 valence electrons. The van der Waals surface area contributed by atoms with E-state index in [4.69, 9.17) is 4.74 Å². The molecule has 0 aromatic heterocycles. The SMILES string of the molecule is O=S(=O)(c1cccc2c1CCCN2)N1CCOCC1CO. The van der Waals surface area contributed by atoms with Crippen LogP contribution in [0.25, 0.3) is 0 Å². The minimum atomic E-state index is -3.61. The molecule has 1 aromatic rings. The summed E-state index contributed by atoms with van der Waals surface area (Å²) in [4.78, 5) is 0.354. The molecule has 0 spiro atoms. The number of nitrogens with zero attached hydrogens (tertiary/aromatic N) is 1. The molecule has 0 saturated carbocycles. The molecule has 2 N–H and O–H groups in total. The predicted molar refractivity (Wildman–Crippen MR) is 78.8 cm³/mol. The lowest BCUT2D eigenvalue weighted by Crippen LogP contribution is -2.50. The number of anilines is 1. The Balaban J connectivity index is 2.02. The third-order valence-corrected chi connectivity index (χ3v) is 6.06. The molecular formula is C14H20N2O4S. The number of hydrogen-bond donors (Lipinski definition) is 2. The van der Waals surface area contributed by atoms with Crippen molar-refractivity contribution in [3.8, 4) is 0 Å². The Morgan fingerprint density at radius 1 is 1.43 bits per heavy atom. The Morgan fingerprint density at radius 2 is 2.29 bits per heavy atom. The van der Waals surface area contributed by atoms with Crippen molar-refractivity contribution in [2.45, 2.75) is 23.8 Å². The summed E-state index contributed by atoms with van der Waals surface area (Å²) in [6.07, 6.45) is 1.68. The first kappa shape index (κ1) is 14.8. The number of benzene rings is 1. The Labute approximate surface area is 124 Å². The standard InChI is InChI=1S/C14H20N2O4S/c17-9-11-10-20-8-7-16(11)21(18,19)14-5-1-4-13-12(14)3-2-6-15-13/h1,4-5,11,15,17H,2-3,6-10H2. The van der Waals surface area contributed by atoms with Gasteiger partial charge in [-0.2, -0.15) is 4.31 Å². The van der Waals surface area contributed by atoms with Gasteiger partial charge in [-0.05, 0) is 30.5 Å². The molecule has 3 rings (SSSR count). The minimum Gasteiger partial charge on any atom is -0.395 e. The first-order valence-corrected chi connectivity index (χ1v) is 8.65. The maximum Gasteiger partial charge on any atom is 0.243 e. The van der Waals surface area contributed by atoms with Crippen molar-refractivity contribution in [1.82, 2.24) is 4.31 Å². The number of aliphatic hydroxyl groups excluding tert-OH is 1. The first-order valence-electron chi connectivity index (χ1n) is 7.21. The molecule has 1 aromatic carbocycles. The largest absolute Gasteiger partial charge is 0.395 e. The fourth-order valence-electron chi connectivity index (χ4n) is 2.95. The van der Waals surface area contributed by atoms with E-state index in [1.807, 2.05) is 6.07 Å². The molecule has 0 radical (unpaired) electrons. The molecule has 2 aliphatic heterocycles. The fraction of sp³-hybridized carbons (Fsp3) is 0.571. The molecule has 6 nitrogen and oxygen atoms in total. The first-order chi connectivity index (χ1) is 10.1. The fourth-order valence-corrected chi connectivity index (χ4v) is 4.81. The zero-order valence-electron chi connectivity index (χ0n) is 11.8. The second-order valence-electron chi connectivity index (χ2n) is 5.34. The number of morpholine rings is 1. The van der Waals surface area contributed by atoms with E-state index in [0.717, 1.165) is 30.6 Å². The van der Waals surface area contributed by atoms with Gasteiger partial charge in [0, 0.05) is 18.8 Å². The van der Waals surface area contributed by atoms with Gasteiger partial charge in [0.05, 0.1) is 30.8 Å². The van der Waals surface area contributed by atoms with E-state index in [-0.39, 0.29) is 19.8 Å². The Bertz CT molecular complexity index is 617. The van der Waals surface area contributed by atoms with Crippen molar-refractivity contribution in [3.05, 3.63) is 23.8 Å². The van der Waals surface area contributed by atoms with E-state index in [1.165, 1.54) is 4.31 Å². The molecule has 1 atom stereocenters. The minimum absolute atomic E-state index is 0.230. The van der Waals surface area contributed by atoms with Crippen LogP contribution in [-0.4, -0.2) is 56.8 Å². The maximum absolute atomic E-state index is 13.0. The van der Waals surface area contributed by atoms with Crippen LogP contribution in [0.4, 0.5) is 5.69 Å². The third-order valence-electron chi connectivity index (χ3n) is 4.02. The summed E-state index contributed by atoms with van der Waals surface area (Å²) in [5.41, 5.74) is 1.75. The van der Waals surface area contributed by atoms with Gasteiger partial charge in [0.1, 0.15) is 0 Å². The molecule has 1 fully saturated rings. The van der Waals surface area contributed by atoms with Crippen LogP contribution in [-0.2, 0) is 21.2 Å². The highest BCUT2D eigenvalue weighted by Gasteiger charge is 2.35.